The molecule has 17 heavy (non-hydrogen) atoms. The molecule has 0 spiro atoms. The normalized spacial score (nSPS) is 16.6. The average Bonchev–Trinajstić information content (AvgIpc) is 2.72. The van der Waals surface area contributed by atoms with Crippen molar-refractivity contribution in [2.45, 2.75) is 32.3 Å². The number of hydrogen-bond acceptors (Lipinski definition) is 2. The fraction of sp³-hybridized carbons (Fsp3) is 0.429. The van der Waals surface area contributed by atoms with Crippen LogP contribution in [0.15, 0.2) is 18.3 Å². The molecule has 2 N–H and O–H groups in total. The number of fused-ring (bicyclic) bond motifs is 3. The van der Waals surface area contributed by atoms with Crippen LogP contribution in [0.2, 0.25) is 0 Å². The molecular formula is C14H17NO2. The SMILES string of the molecule is C[C@H](O)Cc1c[nH]c2ccc3c(c12)CCCO3. The summed E-state index contributed by atoms with van der Waals surface area (Å²) >= 11 is 0. The second-order valence-electron chi connectivity index (χ2n) is 4.78. The van der Waals surface area contributed by atoms with Crippen LogP contribution in [-0.4, -0.2) is 22.8 Å². The maximum atomic E-state index is 9.54. The molecule has 0 fully saturated rings. The molecule has 3 nitrogen and oxygen atoms in total. The van der Waals surface area contributed by atoms with Gasteiger partial charge >= 0.3 is 0 Å². The van der Waals surface area contributed by atoms with E-state index < -0.39 is 0 Å². The Morgan fingerprint density at radius 2 is 2.35 bits per heavy atom. The minimum atomic E-state index is -0.311. The van der Waals surface area contributed by atoms with Gasteiger partial charge in [-0.15, -0.1) is 0 Å². The van der Waals surface area contributed by atoms with Crippen LogP contribution in [0.5, 0.6) is 5.75 Å². The maximum Gasteiger partial charge on any atom is 0.123 e. The molecule has 1 aliphatic rings. The molecule has 1 aromatic heterocycles. The van der Waals surface area contributed by atoms with E-state index >= 15 is 0 Å². The minimum absolute atomic E-state index is 0.311. The van der Waals surface area contributed by atoms with E-state index in [1.165, 1.54) is 16.5 Å². The van der Waals surface area contributed by atoms with Crippen molar-refractivity contribution < 1.29 is 9.84 Å². The Morgan fingerprint density at radius 1 is 1.47 bits per heavy atom. The van der Waals surface area contributed by atoms with Crippen molar-refractivity contribution in [2.75, 3.05) is 6.61 Å². The molecule has 2 aromatic rings. The van der Waals surface area contributed by atoms with Crippen LogP contribution in [0.25, 0.3) is 10.9 Å². The number of aromatic amines is 1. The van der Waals surface area contributed by atoms with Gasteiger partial charge in [-0.25, -0.2) is 0 Å². The smallest absolute Gasteiger partial charge is 0.123 e. The summed E-state index contributed by atoms with van der Waals surface area (Å²) in [4.78, 5) is 3.28. The zero-order chi connectivity index (χ0) is 11.8. The summed E-state index contributed by atoms with van der Waals surface area (Å²) in [7, 11) is 0. The third-order valence-corrected chi connectivity index (χ3v) is 3.34. The zero-order valence-corrected chi connectivity index (χ0v) is 9.99. The van der Waals surface area contributed by atoms with Gasteiger partial charge in [-0.2, -0.15) is 0 Å². The number of ether oxygens (including phenoxy) is 1. The number of nitrogens with one attached hydrogen (secondary N) is 1. The quantitative estimate of drug-likeness (QED) is 0.833. The van der Waals surface area contributed by atoms with E-state index in [0.717, 1.165) is 30.7 Å². The largest absolute Gasteiger partial charge is 0.493 e. The molecule has 0 aliphatic carbocycles. The maximum absolute atomic E-state index is 9.54. The van der Waals surface area contributed by atoms with Crippen LogP contribution < -0.4 is 4.74 Å². The minimum Gasteiger partial charge on any atom is -0.493 e. The van der Waals surface area contributed by atoms with Crippen LogP contribution in [-0.2, 0) is 12.8 Å². The summed E-state index contributed by atoms with van der Waals surface area (Å²) in [6.07, 6.45) is 4.53. The van der Waals surface area contributed by atoms with Crippen molar-refractivity contribution in [1.29, 1.82) is 0 Å². The fourth-order valence-corrected chi connectivity index (χ4v) is 2.65. The molecule has 0 saturated carbocycles. The van der Waals surface area contributed by atoms with Crippen molar-refractivity contribution in [3.8, 4) is 5.75 Å². The molecule has 0 unspecified atom stereocenters. The number of aryl methyl sites for hydroxylation is 1. The first-order valence-electron chi connectivity index (χ1n) is 6.18. The number of aromatic nitrogens is 1. The van der Waals surface area contributed by atoms with Gasteiger partial charge in [-0.3, -0.25) is 0 Å². The highest BCUT2D eigenvalue weighted by Crippen LogP contribution is 2.34. The number of H-pyrrole nitrogens is 1. The van der Waals surface area contributed by atoms with E-state index in [0.29, 0.717) is 6.42 Å². The van der Waals surface area contributed by atoms with E-state index in [2.05, 4.69) is 11.1 Å². The van der Waals surface area contributed by atoms with E-state index in [-0.39, 0.29) is 6.10 Å². The number of aliphatic hydroxyl groups is 1. The van der Waals surface area contributed by atoms with Gasteiger partial charge in [0.2, 0.25) is 0 Å². The monoisotopic (exact) mass is 231 g/mol. The Bertz CT molecular complexity index is 542. The van der Waals surface area contributed by atoms with Crippen LogP contribution >= 0.6 is 0 Å². The molecule has 1 aliphatic heterocycles. The highest BCUT2D eigenvalue weighted by molar-refractivity contribution is 5.89. The van der Waals surface area contributed by atoms with Gasteiger partial charge in [-0.05, 0) is 37.5 Å². The molecule has 2 heterocycles. The Morgan fingerprint density at radius 3 is 3.18 bits per heavy atom. The van der Waals surface area contributed by atoms with Crippen molar-refractivity contribution in [3.63, 3.8) is 0 Å². The summed E-state index contributed by atoms with van der Waals surface area (Å²) in [5, 5.41) is 10.8. The molecule has 1 aromatic carbocycles. The van der Waals surface area contributed by atoms with Gasteiger partial charge < -0.3 is 14.8 Å². The van der Waals surface area contributed by atoms with Gasteiger partial charge in [0.15, 0.2) is 0 Å². The number of hydrogen-bond donors (Lipinski definition) is 2. The predicted molar refractivity (Wildman–Crippen MR) is 67.5 cm³/mol. The molecule has 90 valence electrons. The third-order valence-electron chi connectivity index (χ3n) is 3.34. The first-order valence-corrected chi connectivity index (χ1v) is 6.18. The van der Waals surface area contributed by atoms with E-state index in [1.54, 1.807) is 0 Å². The lowest BCUT2D eigenvalue weighted by atomic mass is 9.97. The van der Waals surface area contributed by atoms with Crippen molar-refractivity contribution in [2.24, 2.45) is 0 Å². The molecule has 0 amide bonds. The predicted octanol–water partition coefficient (Wildman–Crippen LogP) is 2.42. The summed E-state index contributed by atoms with van der Waals surface area (Å²) in [6.45, 7) is 2.64. The highest BCUT2D eigenvalue weighted by atomic mass is 16.5. The first kappa shape index (κ1) is 10.7. The fourth-order valence-electron chi connectivity index (χ4n) is 2.65. The lowest BCUT2D eigenvalue weighted by Gasteiger charge is -2.18. The number of benzene rings is 1. The van der Waals surface area contributed by atoms with Gasteiger partial charge in [-0.1, -0.05) is 0 Å². The van der Waals surface area contributed by atoms with Crippen LogP contribution in [0.1, 0.15) is 24.5 Å². The van der Waals surface area contributed by atoms with Crippen molar-refractivity contribution in [3.05, 3.63) is 29.5 Å². The Balaban J connectivity index is 2.17. The van der Waals surface area contributed by atoms with Gasteiger partial charge in [0.1, 0.15) is 5.75 Å². The summed E-state index contributed by atoms with van der Waals surface area (Å²) in [5.41, 5.74) is 3.63. The third kappa shape index (κ3) is 1.80. The van der Waals surface area contributed by atoms with Gasteiger partial charge in [0, 0.05) is 29.1 Å². The van der Waals surface area contributed by atoms with E-state index in [4.69, 9.17) is 4.74 Å². The Kier molecular flexibility index (Phi) is 2.56. The number of aliphatic hydroxyl groups excluding tert-OH is 1. The first-order chi connectivity index (χ1) is 8.25. The van der Waals surface area contributed by atoms with Gasteiger partial charge in [0.25, 0.3) is 0 Å². The van der Waals surface area contributed by atoms with Crippen molar-refractivity contribution in [1.82, 2.24) is 4.98 Å². The number of rotatable bonds is 2. The molecule has 1 atom stereocenters. The van der Waals surface area contributed by atoms with Crippen LogP contribution in [0, 0.1) is 0 Å². The second-order valence-corrected chi connectivity index (χ2v) is 4.78. The topological polar surface area (TPSA) is 45.2 Å². The molecule has 0 saturated heterocycles. The highest BCUT2D eigenvalue weighted by Gasteiger charge is 2.17. The zero-order valence-electron chi connectivity index (χ0n) is 9.99. The Labute approximate surface area is 100 Å². The van der Waals surface area contributed by atoms with E-state index in [9.17, 15) is 5.11 Å². The molecule has 0 radical (unpaired) electrons. The van der Waals surface area contributed by atoms with Crippen molar-refractivity contribution >= 4 is 10.9 Å². The Hall–Kier alpha value is -1.48. The van der Waals surface area contributed by atoms with E-state index in [1.807, 2.05) is 19.2 Å². The summed E-state index contributed by atoms with van der Waals surface area (Å²) in [6, 6.07) is 4.10. The molecule has 3 rings (SSSR count). The lowest BCUT2D eigenvalue weighted by Crippen LogP contribution is -2.09. The summed E-state index contributed by atoms with van der Waals surface area (Å²) in [5.74, 6) is 1.01. The van der Waals surface area contributed by atoms with Crippen LogP contribution in [0.3, 0.4) is 0 Å². The standard InChI is InChI=1S/C14H17NO2/c1-9(16)7-10-8-15-12-4-5-13-11(14(10)12)3-2-6-17-13/h4-5,8-9,15-16H,2-3,6-7H2,1H3/t9-/m0/s1. The van der Waals surface area contributed by atoms with Gasteiger partial charge in [0.05, 0.1) is 12.7 Å². The molecule has 0 bridgehead atoms. The lowest BCUT2D eigenvalue weighted by molar-refractivity contribution is 0.196. The summed E-state index contributed by atoms with van der Waals surface area (Å²) < 4.78 is 5.68. The van der Waals surface area contributed by atoms with Crippen LogP contribution in [0.4, 0.5) is 0 Å². The second kappa shape index (κ2) is 4.08. The molecule has 3 heteroatoms. The average molecular weight is 231 g/mol. The molecular weight excluding hydrogens is 214 g/mol.